The van der Waals surface area contributed by atoms with Crippen LogP contribution in [0.1, 0.15) is 23.3 Å². The molecule has 0 bridgehead atoms. The van der Waals surface area contributed by atoms with E-state index in [1.807, 2.05) is 30.3 Å². The SMILES string of the molecule is O=C(c1nccc2ccccc12)N1CCCC(Oc2ncc(Cl)cn2)C1. The third kappa shape index (κ3) is 3.46. The molecule has 3 aromatic rings. The molecule has 6 nitrogen and oxygen atoms in total. The van der Waals surface area contributed by atoms with Gasteiger partial charge in [0, 0.05) is 18.1 Å². The zero-order valence-electron chi connectivity index (χ0n) is 14.0. The summed E-state index contributed by atoms with van der Waals surface area (Å²) in [6.07, 6.45) is 6.22. The van der Waals surface area contributed by atoms with Gasteiger partial charge in [0.1, 0.15) is 11.8 Å². The van der Waals surface area contributed by atoms with Crippen LogP contribution in [0.3, 0.4) is 0 Å². The third-order valence-electron chi connectivity index (χ3n) is 4.41. The number of nitrogens with zero attached hydrogens (tertiary/aromatic N) is 4. The number of pyridine rings is 1. The molecule has 1 fully saturated rings. The molecule has 4 rings (SSSR count). The van der Waals surface area contributed by atoms with E-state index in [2.05, 4.69) is 15.0 Å². The molecular weight excluding hydrogens is 352 g/mol. The Hall–Kier alpha value is -2.73. The van der Waals surface area contributed by atoms with Gasteiger partial charge in [0.2, 0.25) is 0 Å². The molecule has 1 unspecified atom stereocenters. The molecule has 26 heavy (non-hydrogen) atoms. The van der Waals surface area contributed by atoms with E-state index in [1.165, 1.54) is 12.4 Å². The lowest BCUT2D eigenvalue weighted by atomic mass is 10.1. The summed E-state index contributed by atoms with van der Waals surface area (Å²) in [7, 11) is 0. The predicted octanol–water partition coefficient (Wildman–Crippen LogP) is 3.36. The lowest BCUT2D eigenvalue weighted by Gasteiger charge is -2.32. The van der Waals surface area contributed by atoms with E-state index in [0.29, 0.717) is 23.8 Å². The normalized spacial score (nSPS) is 17.3. The highest BCUT2D eigenvalue weighted by molar-refractivity contribution is 6.30. The fourth-order valence-corrected chi connectivity index (χ4v) is 3.27. The Labute approximate surface area is 155 Å². The molecular formula is C19H17ClN4O2. The van der Waals surface area contributed by atoms with Crippen LogP contribution < -0.4 is 4.74 Å². The Morgan fingerprint density at radius 1 is 1.15 bits per heavy atom. The molecule has 3 heterocycles. The topological polar surface area (TPSA) is 68.2 Å². The molecule has 1 aliphatic rings. The number of fused-ring (bicyclic) bond motifs is 1. The summed E-state index contributed by atoms with van der Waals surface area (Å²) in [6, 6.07) is 9.96. The molecule has 0 spiro atoms. The van der Waals surface area contributed by atoms with Crippen LogP contribution in [0.5, 0.6) is 6.01 Å². The molecule has 0 saturated carbocycles. The molecule has 0 N–H and O–H groups in total. The molecule has 7 heteroatoms. The molecule has 0 radical (unpaired) electrons. The fraction of sp³-hybridized carbons (Fsp3) is 0.263. The van der Waals surface area contributed by atoms with Crippen molar-refractivity contribution in [3.63, 3.8) is 0 Å². The molecule has 1 atom stereocenters. The van der Waals surface area contributed by atoms with Gasteiger partial charge >= 0.3 is 6.01 Å². The van der Waals surface area contributed by atoms with Gasteiger partial charge in [0.15, 0.2) is 0 Å². The van der Waals surface area contributed by atoms with Crippen molar-refractivity contribution < 1.29 is 9.53 Å². The van der Waals surface area contributed by atoms with Crippen molar-refractivity contribution in [2.24, 2.45) is 0 Å². The van der Waals surface area contributed by atoms with Crippen LogP contribution in [0.2, 0.25) is 5.02 Å². The Morgan fingerprint density at radius 3 is 2.81 bits per heavy atom. The standard InChI is InChI=1S/C19H17ClN4O2/c20-14-10-22-19(23-11-14)26-15-5-3-9-24(12-15)18(25)17-16-6-2-1-4-13(16)7-8-21-17/h1-2,4,6-8,10-11,15H,3,5,9,12H2. The fourth-order valence-electron chi connectivity index (χ4n) is 3.17. The first-order valence-corrected chi connectivity index (χ1v) is 8.86. The van der Waals surface area contributed by atoms with Crippen LogP contribution in [-0.4, -0.2) is 45.0 Å². The summed E-state index contributed by atoms with van der Waals surface area (Å²) in [5.41, 5.74) is 0.478. The highest BCUT2D eigenvalue weighted by Gasteiger charge is 2.27. The Balaban J connectivity index is 1.51. The molecule has 1 saturated heterocycles. The van der Waals surface area contributed by atoms with Gasteiger partial charge in [-0.05, 0) is 24.3 Å². The van der Waals surface area contributed by atoms with E-state index >= 15 is 0 Å². The number of aromatic nitrogens is 3. The maximum atomic E-state index is 13.0. The summed E-state index contributed by atoms with van der Waals surface area (Å²) in [5, 5.41) is 2.33. The minimum absolute atomic E-state index is 0.0767. The second-order valence-electron chi connectivity index (χ2n) is 6.20. The van der Waals surface area contributed by atoms with Crippen LogP contribution in [-0.2, 0) is 0 Å². The highest BCUT2D eigenvalue weighted by Crippen LogP contribution is 2.21. The average Bonchev–Trinajstić information content (AvgIpc) is 2.69. The summed E-state index contributed by atoms with van der Waals surface area (Å²) in [4.78, 5) is 27.3. The number of carbonyl (C=O) groups is 1. The Morgan fingerprint density at radius 2 is 1.96 bits per heavy atom. The van der Waals surface area contributed by atoms with E-state index < -0.39 is 0 Å². The largest absolute Gasteiger partial charge is 0.458 e. The number of hydrogen-bond donors (Lipinski definition) is 0. The second kappa shape index (κ2) is 7.25. The van der Waals surface area contributed by atoms with Gasteiger partial charge in [-0.15, -0.1) is 0 Å². The minimum atomic E-state index is -0.149. The lowest BCUT2D eigenvalue weighted by Crippen LogP contribution is -2.44. The van der Waals surface area contributed by atoms with E-state index in [0.717, 1.165) is 23.6 Å². The van der Waals surface area contributed by atoms with Crippen LogP contribution in [0.25, 0.3) is 10.8 Å². The maximum Gasteiger partial charge on any atom is 0.316 e. The zero-order chi connectivity index (χ0) is 17.9. The van der Waals surface area contributed by atoms with E-state index in [-0.39, 0.29) is 18.0 Å². The van der Waals surface area contributed by atoms with Gasteiger partial charge in [0.05, 0.1) is 24.0 Å². The smallest absolute Gasteiger partial charge is 0.316 e. The monoisotopic (exact) mass is 368 g/mol. The Kier molecular flexibility index (Phi) is 4.67. The van der Waals surface area contributed by atoms with Crippen molar-refractivity contribution in [2.75, 3.05) is 13.1 Å². The number of ether oxygens (including phenoxy) is 1. The number of benzene rings is 1. The van der Waals surface area contributed by atoms with Gasteiger partial charge in [-0.3, -0.25) is 9.78 Å². The summed E-state index contributed by atoms with van der Waals surface area (Å²) >= 11 is 5.79. The van der Waals surface area contributed by atoms with Gasteiger partial charge < -0.3 is 9.64 Å². The minimum Gasteiger partial charge on any atom is -0.458 e. The number of likely N-dealkylation sites (tertiary alicyclic amines) is 1. The number of rotatable bonds is 3. The second-order valence-corrected chi connectivity index (χ2v) is 6.63. The van der Waals surface area contributed by atoms with Crippen molar-refractivity contribution in [3.8, 4) is 6.01 Å². The lowest BCUT2D eigenvalue weighted by molar-refractivity contribution is 0.0512. The van der Waals surface area contributed by atoms with Gasteiger partial charge in [-0.1, -0.05) is 35.9 Å². The number of halogens is 1. The first-order valence-electron chi connectivity index (χ1n) is 8.48. The maximum absolute atomic E-state index is 13.0. The molecule has 132 valence electrons. The number of carbonyl (C=O) groups excluding carboxylic acids is 1. The predicted molar refractivity (Wildman–Crippen MR) is 98.3 cm³/mol. The third-order valence-corrected chi connectivity index (χ3v) is 4.61. The average molecular weight is 369 g/mol. The van der Waals surface area contributed by atoms with E-state index in [9.17, 15) is 4.79 Å². The number of hydrogen-bond acceptors (Lipinski definition) is 5. The number of piperidine rings is 1. The molecule has 1 amide bonds. The van der Waals surface area contributed by atoms with Gasteiger partial charge in [-0.2, -0.15) is 0 Å². The van der Waals surface area contributed by atoms with E-state index in [1.54, 1.807) is 11.1 Å². The quantitative estimate of drug-likeness (QED) is 0.709. The van der Waals surface area contributed by atoms with Crippen molar-refractivity contribution in [2.45, 2.75) is 18.9 Å². The summed E-state index contributed by atoms with van der Waals surface area (Å²) in [6.45, 7) is 1.17. The zero-order valence-corrected chi connectivity index (χ0v) is 14.8. The van der Waals surface area contributed by atoms with Crippen molar-refractivity contribution in [1.82, 2.24) is 19.9 Å². The first kappa shape index (κ1) is 16.7. The molecule has 1 aliphatic heterocycles. The van der Waals surface area contributed by atoms with Gasteiger partial charge in [0.25, 0.3) is 5.91 Å². The molecule has 1 aromatic carbocycles. The van der Waals surface area contributed by atoms with Crippen LogP contribution in [0.15, 0.2) is 48.9 Å². The van der Waals surface area contributed by atoms with Crippen LogP contribution in [0, 0.1) is 0 Å². The van der Waals surface area contributed by atoms with Crippen LogP contribution in [0.4, 0.5) is 0 Å². The van der Waals surface area contributed by atoms with E-state index in [4.69, 9.17) is 16.3 Å². The van der Waals surface area contributed by atoms with Crippen LogP contribution >= 0.6 is 11.6 Å². The van der Waals surface area contributed by atoms with Crippen molar-refractivity contribution in [1.29, 1.82) is 0 Å². The highest BCUT2D eigenvalue weighted by atomic mass is 35.5. The molecule has 2 aromatic heterocycles. The Bertz CT molecular complexity index is 927. The van der Waals surface area contributed by atoms with Crippen molar-refractivity contribution >= 4 is 28.3 Å². The summed E-state index contributed by atoms with van der Waals surface area (Å²) < 4.78 is 5.82. The molecule has 0 aliphatic carbocycles. The van der Waals surface area contributed by atoms with Gasteiger partial charge in [-0.25, -0.2) is 9.97 Å². The number of amides is 1. The summed E-state index contributed by atoms with van der Waals surface area (Å²) in [5.74, 6) is -0.0767. The van der Waals surface area contributed by atoms with Crippen molar-refractivity contribution in [3.05, 3.63) is 59.6 Å². The first-order chi connectivity index (χ1) is 12.7.